The van der Waals surface area contributed by atoms with Crippen molar-refractivity contribution >= 4 is 27.5 Å². The SMILES string of the molecule is Oc1cc(-c2ncc3c(N4C[C@H]5CC[C@@H](C4)N5)nc(OCC4(CN5CC6CC6C5)CC4)nc3c2F)c2c(F)c(F)ccc2c1. The normalized spacial score (nSPS) is 26.8. The van der Waals surface area contributed by atoms with Gasteiger partial charge in [-0.1, -0.05) is 6.07 Å². The van der Waals surface area contributed by atoms with Crippen LogP contribution in [0.25, 0.3) is 32.9 Å². The lowest BCUT2D eigenvalue weighted by atomic mass is 9.99. The number of likely N-dealkylation sites (tertiary alicyclic amines) is 1. The number of aromatic hydroxyl groups is 1. The van der Waals surface area contributed by atoms with Gasteiger partial charge in [0.2, 0.25) is 0 Å². The molecular formula is C33H33F3N6O2. The molecule has 2 aromatic heterocycles. The van der Waals surface area contributed by atoms with Crippen molar-refractivity contribution in [3.63, 3.8) is 0 Å². The van der Waals surface area contributed by atoms with E-state index >= 15 is 8.78 Å². The van der Waals surface area contributed by atoms with Crippen LogP contribution < -0.4 is 15.0 Å². The van der Waals surface area contributed by atoms with Crippen LogP contribution in [0.5, 0.6) is 11.8 Å². The van der Waals surface area contributed by atoms with Crippen molar-refractivity contribution in [3.8, 4) is 23.0 Å². The first-order valence-electron chi connectivity index (χ1n) is 15.7. The van der Waals surface area contributed by atoms with Crippen LogP contribution in [0, 0.1) is 34.7 Å². The van der Waals surface area contributed by atoms with Gasteiger partial charge in [0, 0.05) is 67.4 Å². The minimum absolute atomic E-state index is 0.00124. The fourth-order valence-corrected chi connectivity index (χ4v) is 7.89. The second-order valence-electron chi connectivity index (χ2n) is 13.7. The molecule has 0 amide bonds. The number of piperidine rings is 1. The molecule has 5 heterocycles. The van der Waals surface area contributed by atoms with Crippen LogP contribution in [-0.4, -0.2) is 76.4 Å². The van der Waals surface area contributed by atoms with Gasteiger partial charge in [0.25, 0.3) is 0 Å². The number of piperazine rings is 1. The molecule has 2 aliphatic carbocycles. The summed E-state index contributed by atoms with van der Waals surface area (Å²) in [4.78, 5) is 18.5. The van der Waals surface area contributed by atoms with E-state index in [4.69, 9.17) is 9.72 Å². The largest absolute Gasteiger partial charge is 0.508 e. The van der Waals surface area contributed by atoms with Crippen LogP contribution in [0.15, 0.2) is 30.5 Å². The summed E-state index contributed by atoms with van der Waals surface area (Å²) in [6.45, 7) is 5.23. The number of fused-ring (bicyclic) bond motifs is 5. The van der Waals surface area contributed by atoms with Crippen molar-refractivity contribution in [2.24, 2.45) is 17.3 Å². The number of aromatic nitrogens is 3. The topological polar surface area (TPSA) is 86.6 Å². The van der Waals surface area contributed by atoms with E-state index in [1.165, 1.54) is 43.9 Å². The molecule has 3 saturated heterocycles. The van der Waals surface area contributed by atoms with Crippen molar-refractivity contribution < 1.29 is 23.0 Å². The number of phenolic OH excluding ortho intramolecular Hbond substituents is 1. The molecule has 2 bridgehead atoms. The Morgan fingerprint density at radius 1 is 0.977 bits per heavy atom. The van der Waals surface area contributed by atoms with E-state index < -0.39 is 17.5 Å². The summed E-state index contributed by atoms with van der Waals surface area (Å²) in [5, 5.41) is 14.5. The van der Waals surface area contributed by atoms with Crippen molar-refractivity contribution in [2.45, 2.75) is 44.2 Å². The monoisotopic (exact) mass is 602 g/mol. The molecule has 3 aliphatic heterocycles. The highest BCUT2D eigenvalue weighted by molar-refractivity contribution is 6.00. The molecule has 4 aromatic rings. The Labute approximate surface area is 252 Å². The number of rotatable bonds is 7. The first-order valence-corrected chi connectivity index (χ1v) is 15.7. The molecule has 2 unspecified atom stereocenters. The lowest BCUT2D eigenvalue weighted by Crippen LogP contribution is -2.51. The summed E-state index contributed by atoms with van der Waals surface area (Å²) < 4.78 is 52.3. The van der Waals surface area contributed by atoms with Gasteiger partial charge in [-0.25, -0.2) is 13.2 Å². The molecule has 2 saturated carbocycles. The second kappa shape index (κ2) is 9.65. The molecule has 228 valence electrons. The van der Waals surface area contributed by atoms with Gasteiger partial charge in [0.05, 0.1) is 12.0 Å². The summed E-state index contributed by atoms with van der Waals surface area (Å²) >= 11 is 0. The van der Waals surface area contributed by atoms with Crippen molar-refractivity contribution in [1.82, 2.24) is 25.2 Å². The highest BCUT2D eigenvalue weighted by Gasteiger charge is 2.51. The van der Waals surface area contributed by atoms with Gasteiger partial charge in [-0.15, -0.1) is 0 Å². The maximum absolute atomic E-state index is 16.6. The average molecular weight is 603 g/mol. The first-order chi connectivity index (χ1) is 21.3. The maximum Gasteiger partial charge on any atom is 0.319 e. The summed E-state index contributed by atoms with van der Waals surface area (Å²) in [7, 11) is 0. The minimum Gasteiger partial charge on any atom is -0.508 e. The number of nitrogens with zero attached hydrogens (tertiary/aromatic N) is 5. The van der Waals surface area contributed by atoms with Gasteiger partial charge < -0.3 is 25.0 Å². The zero-order chi connectivity index (χ0) is 29.7. The van der Waals surface area contributed by atoms with Crippen LogP contribution in [-0.2, 0) is 0 Å². The number of anilines is 1. The summed E-state index contributed by atoms with van der Waals surface area (Å²) in [6.07, 6.45) is 7.15. The predicted octanol–water partition coefficient (Wildman–Crippen LogP) is 5.02. The number of halogens is 3. The van der Waals surface area contributed by atoms with E-state index in [0.29, 0.717) is 43.0 Å². The Morgan fingerprint density at radius 2 is 1.75 bits per heavy atom. The van der Waals surface area contributed by atoms with E-state index in [-0.39, 0.29) is 44.7 Å². The van der Waals surface area contributed by atoms with Gasteiger partial charge in [0.15, 0.2) is 17.5 Å². The molecule has 2 N–H and O–H groups in total. The van der Waals surface area contributed by atoms with E-state index in [9.17, 15) is 9.50 Å². The fraction of sp³-hybridized carbons (Fsp3) is 0.485. The van der Waals surface area contributed by atoms with E-state index in [0.717, 1.165) is 50.1 Å². The molecular weight excluding hydrogens is 569 g/mol. The number of ether oxygens (including phenoxy) is 1. The zero-order valence-corrected chi connectivity index (χ0v) is 24.2. The molecule has 44 heavy (non-hydrogen) atoms. The molecule has 8 nitrogen and oxygen atoms in total. The van der Waals surface area contributed by atoms with E-state index in [1.807, 2.05) is 0 Å². The van der Waals surface area contributed by atoms with Crippen LogP contribution in [0.1, 0.15) is 32.1 Å². The lowest BCUT2D eigenvalue weighted by molar-refractivity contribution is 0.163. The minimum atomic E-state index is -1.13. The Morgan fingerprint density at radius 3 is 2.50 bits per heavy atom. The van der Waals surface area contributed by atoms with Gasteiger partial charge in [-0.3, -0.25) is 4.98 Å². The number of hydrogen-bond acceptors (Lipinski definition) is 8. The fourth-order valence-electron chi connectivity index (χ4n) is 7.89. The summed E-state index contributed by atoms with van der Waals surface area (Å²) in [6, 6.07) is 5.58. The molecule has 5 fully saturated rings. The second-order valence-corrected chi connectivity index (χ2v) is 13.7. The highest BCUT2D eigenvalue weighted by atomic mass is 19.2. The zero-order valence-electron chi connectivity index (χ0n) is 24.2. The quantitative estimate of drug-likeness (QED) is 0.305. The number of nitrogens with one attached hydrogen (secondary N) is 1. The maximum atomic E-state index is 16.6. The Bertz CT molecular complexity index is 1810. The predicted molar refractivity (Wildman–Crippen MR) is 159 cm³/mol. The third-order valence-corrected chi connectivity index (χ3v) is 10.5. The van der Waals surface area contributed by atoms with E-state index in [1.54, 1.807) is 0 Å². The molecule has 0 radical (unpaired) electrons. The summed E-state index contributed by atoms with van der Waals surface area (Å²) in [5.41, 5.74) is -0.225. The van der Waals surface area contributed by atoms with Gasteiger partial charge in [0.1, 0.15) is 22.8 Å². The van der Waals surface area contributed by atoms with Crippen LogP contribution in [0.4, 0.5) is 19.0 Å². The molecule has 11 heteroatoms. The molecule has 4 atom stereocenters. The van der Waals surface area contributed by atoms with Crippen molar-refractivity contribution in [2.75, 3.05) is 44.2 Å². The number of hydrogen-bond donors (Lipinski definition) is 2. The van der Waals surface area contributed by atoms with Crippen molar-refractivity contribution in [1.29, 1.82) is 0 Å². The molecule has 0 spiro atoms. The van der Waals surface area contributed by atoms with E-state index in [2.05, 4.69) is 25.1 Å². The molecule has 2 aromatic carbocycles. The molecule has 5 aliphatic rings. The number of phenols is 1. The van der Waals surface area contributed by atoms with Gasteiger partial charge in [-0.05, 0) is 67.5 Å². The van der Waals surface area contributed by atoms with Crippen molar-refractivity contribution in [3.05, 3.63) is 47.9 Å². The third kappa shape index (κ3) is 4.46. The third-order valence-electron chi connectivity index (χ3n) is 10.5. The Balaban J connectivity index is 1.12. The first kappa shape index (κ1) is 26.7. The van der Waals surface area contributed by atoms with Crippen LogP contribution >= 0.6 is 0 Å². The highest BCUT2D eigenvalue weighted by Crippen LogP contribution is 2.51. The Kier molecular flexibility index (Phi) is 5.85. The van der Waals surface area contributed by atoms with Gasteiger partial charge in [-0.2, -0.15) is 9.97 Å². The number of pyridine rings is 1. The standard InChI is InChI=1S/C33H33F3N6O2/c34-25-4-1-17-8-22(43)9-23(26(17)27(25)35)29-28(36)30-24(10-37-29)31(42-13-20-2-3-21(14-42)38-20)40-32(39-30)44-16-33(5-6-33)15-41-11-18-7-19(18)12-41/h1,4,8-10,18-21,38,43H,2-3,5-7,11-16H2/t18?,19?,20-,21+. The number of benzene rings is 2. The smallest absolute Gasteiger partial charge is 0.319 e. The van der Waals surface area contributed by atoms with Gasteiger partial charge >= 0.3 is 6.01 Å². The van der Waals surface area contributed by atoms with Crippen LogP contribution in [0.2, 0.25) is 0 Å². The molecule has 9 rings (SSSR count). The Hall–Kier alpha value is -3.70. The lowest BCUT2D eigenvalue weighted by Gasteiger charge is -2.34. The average Bonchev–Trinajstić information content (AvgIpc) is 3.88. The summed E-state index contributed by atoms with van der Waals surface area (Å²) in [5.74, 6) is -0.926. The van der Waals surface area contributed by atoms with Crippen LogP contribution in [0.3, 0.4) is 0 Å².